The minimum absolute atomic E-state index is 0.0249. The average Bonchev–Trinajstić information content (AvgIpc) is 3.26. The van der Waals surface area contributed by atoms with Crippen molar-refractivity contribution in [3.8, 4) is 9.88 Å². The van der Waals surface area contributed by atoms with Gasteiger partial charge in [0.25, 0.3) is 0 Å². The Labute approximate surface area is 143 Å². The summed E-state index contributed by atoms with van der Waals surface area (Å²) in [7, 11) is 1.79. The second kappa shape index (κ2) is 6.29. The lowest BCUT2D eigenvalue weighted by Crippen LogP contribution is -2.41. The first-order chi connectivity index (χ1) is 11.0. The molecule has 0 aromatic carbocycles. The predicted molar refractivity (Wildman–Crippen MR) is 93.6 cm³/mol. The van der Waals surface area contributed by atoms with Crippen molar-refractivity contribution in [3.63, 3.8) is 0 Å². The summed E-state index contributed by atoms with van der Waals surface area (Å²) in [4.78, 5) is 20.3. The third kappa shape index (κ3) is 3.23. The van der Waals surface area contributed by atoms with Crippen LogP contribution in [0.2, 0.25) is 0 Å². The van der Waals surface area contributed by atoms with Crippen molar-refractivity contribution in [1.29, 1.82) is 0 Å². The van der Waals surface area contributed by atoms with Crippen LogP contribution in [0.4, 0.5) is 0 Å². The molecule has 0 radical (unpaired) electrons. The van der Waals surface area contributed by atoms with Gasteiger partial charge in [0.15, 0.2) is 0 Å². The topological polar surface area (TPSA) is 46.3 Å². The first kappa shape index (κ1) is 16.0. The number of nitrogens with zero attached hydrogens (tertiary/aromatic N) is 2. The maximum atomic E-state index is 12.8. The molecule has 0 aliphatic heterocycles. The van der Waals surface area contributed by atoms with Crippen LogP contribution in [0, 0.1) is 0 Å². The van der Waals surface area contributed by atoms with Gasteiger partial charge < -0.3 is 9.32 Å². The number of likely N-dealkylation sites (N-methyl/N-ethyl adjacent to an activating group) is 1. The molecule has 0 saturated heterocycles. The molecule has 3 heterocycles. The normalized spacial score (nSPS) is 11.6. The summed E-state index contributed by atoms with van der Waals surface area (Å²) in [6, 6.07) is 7.75. The van der Waals surface area contributed by atoms with Crippen LogP contribution in [0.25, 0.3) is 9.88 Å². The first-order valence-corrected chi connectivity index (χ1v) is 9.02. The van der Waals surface area contributed by atoms with Gasteiger partial charge in [0, 0.05) is 12.4 Å². The molecule has 0 spiro atoms. The third-order valence-corrected chi connectivity index (χ3v) is 5.61. The molecule has 0 unspecified atom stereocenters. The van der Waals surface area contributed by atoms with Crippen LogP contribution in [0.1, 0.15) is 25.3 Å². The van der Waals surface area contributed by atoms with Crippen molar-refractivity contribution in [2.75, 3.05) is 7.05 Å². The Bertz CT molecular complexity index is 774. The molecule has 4 nitrogen and oxygen atoms in total. The zero-order valence-corrected chi connectivity index (χ0v) is 14.9. The summed E-state index contributed by atoms with van der Waals surface area (Å²) in [6.45, 7) is 4.29. The molecule has 3 rings (SSSR count). The van der Waals surface area contributed by atoms with Crippen LogP contribution in [0.5, 0.6) is 0 Å². The Morgan fingerprint density at radius 3 is 2.78 bits per heavy atom. The predicted octanol–water partition coefficient (Wildman–Crippen LogP) is 4.40. The number of carbonyl (C=O) groups excluding carboxylic acids is 1. The summed E-state index contributed by atoms with van der Waals surface area (Å²) < 4.78 is 5.32. The molecular weight excluding hydrogens is 328 g/mol. The van der Waals surface area contributed by atoms with Crippen molar-refractivity contribution in [2.24, 2.45) is 0 Å². The van der Waals surface area contributed by atoms with E-state index >= 15 is 0 Å². The smallest absolute Gasteiger partial charge is 0.234 e. The van der Waals surface area contributed by atoms with Gasteiger partial charge in [0.2, 0.25) is 5.91 Å². The number of hydrogen-bond acceptors (Lipinski definition) is 5. The molecule has 1 amide bonds. The van der Waals surface area contributed by atoms with E-state index in [1.165, 1.54) is 0 Å². The van der Waals surface area contributed by atoms with Crippen LogP contribution < -0.4 is 0 Å². The largest absolute Gasteiger partial charge is 0.467 e. The molecule has 0 atom stereocenters. The van der Waals surface area contributed by atoms with E-state index in [4.69, 9.17) is 4.42 Å². The second-order valence-corrected chi connectivity index (χ2v) is 7.69. The van der Waals surface area contributed by atoms with Crippen LogP contribution >= 0.6 is 22.7 Å². The lowest BCUT2D eigenvalue weighted by Gasteiger charge is -2.27. The molecule has 3 aromatic rings. The van der Waals surface area contributed by atoms with E-state index in [-0.39, 0.29) is 5.91 Å². The van der Waals surface area contributed by atoms with E-state index in [1.54, 1.807) is 40.9 Å². The average molecular weight is 346 g/mol. The highest BCUT2D eigenvalue weighted by Crippen LogP contribution is 2.33. The fourth-order valence-electron chi connectivity index (χ4n) is 2.37. The number of rotatable bonds is 5. The molecule has 0 saturated carbocycles. The van der Waals surface area contributed by atoms with Gasteiger partial charge in [-0.3, -0.25) is 4.79 Å². The maximum absolute atomic E-state index is 12.8. The van der Waals surface area contributed by atoms with E-state index in [1.807, 2.05) is 48.9 Å². The Morgan fingerprint density at radius 1 is 1.30 bits per heavy atom. The summed E-state index contributed by atoms with van der Waals surface area (Å²) in [6.07, 6.45) is 1.62. The van der Waals surface area contributed by atoms with Gasteiger partial charge in [-0.05, 0) is 37.4 Å². The van der Waals surface area contributed by atoms with Gasteiger partial charge in [-0.15, -0.1) is 22.7 Å². The number of furan rings is 1. The van der Waals surface area contributed by atoms with Crippen LogP contribution in [-0.4, -0.2) is 22.8 Å². The number of aromatic nitrogens is 1. The van der Waals surface area contributed by atoms with E-state index in [0.29, 0.717) is 6.54 Å². The molecule has 0 bridgehead atoms. The molecule has 0 fully saturated rings. The molecule has 3 aromatic heterocycles. The van der Waals surface area contributed by atoms with Gasteiger partial charge in [0.05, 0.1) is 28.8 Å². The Kier molecular flexibility index (Phi) is 4.37. The highest BCUT2D eigenvalue weighted by Gasteiger charge is 2.35. The highest BCUT2D eigenvalue weighted by atomic mass is 32.1. The van der Waals surface area contributed by atoms with Crippen molar-refractivity contribution in [2.45, 2.75) is 25.8 Å². The quantitative estimate of drug-likeness (QED) is 0.688. The lowest BCUT2D eigenvalue weighted by atomic mass is 9.88. The molecule has 0 aliphatic rings. The summed E-state index contributed by atoms with van der Waals surface area (Å²) in [5.41, 5.74) is 0.134. The van der Waals surface area contributed by atoms with Gasteiger partial charge in [-0.2, -0.15) is 0 Å². The minimum atomic E-state index is -0.673. The SMILES string of the molecule is CN(Cc1ccco1)C(=O)C(C)(C)c1csc(-c2cccs2)n1. The van der Waals surface area contributed by atoms with E-state index in [0.717, 1.165) is 21.3 Å². The number of thiophene rings is 1. The molecule has 6 heteroatoms. The number of hydrogen-bond donors (Lipinski definition) is 0. The van der Waals surface area contributed by atoms with Crippen molar-refractivity contribution in [1.82, 2.24) is 9.88 Å². The zero-order chi connectivity index (χ0) is 16.4. The van der Waals surface area contributed by atoms with Crippen molar-refractivity contribution < 1.29 is 9.21 Å². The Hall–Kier alpha value is -1.92. The fraction of sp³-hybridized carbons (Fsp3) is 0.294. The number of carbonyl (C=O) groups is 1. The van der Waals surface area contributed by atoms with Gasteiger partial charge in [0.1, 0.15) is 10.8 Å². The second-order valence-electron chi connectivity index (χ2n) is 5.88. The van der Waals surface area contributed by atoms with E-state index in [2.05, 4.69) is 4.98 Å². The van der Waals surface area contributed by atoms with Crippen molar-refractivity contribution >= 4 is 28.6 Å². The zero-order valence-electron chi connectivity index (χ0n) is 13.3. The lowest BCUT2D eigenvalue weighted by molar-refractivity contribution is -0.135. The van der Waals surface area contributed by atoms with Crippen LogP contribution in [-0.2, 0) is 16.8 Å². The number of thiazole rings is 1. The van der Waals surface area contributed by atoms with Crippen LogP contribution in [0.15, 0.2) is 45.7 Å². The van der Waals surface area contributed by atoms with Gasteiger partial charge in [-0.1, -0.05) is 6.07 Å². The van der Waals surface area contributed by atoms with Gasteiger partial charge >= 0.3 is 0 Å². The van der Waals surface area contributed by atoms with E-state index < -0.39 is 5.41 Å². The van der Waals surface area contributed by atoms with Crippen molar-refractivity contribution in [3.05, 3.63) is 52.7 Å². The molecular formula is C17H18N2O2S2. The van der Waals surface area contributed by atoms with E-state index in [9.17, 15) is 4.79 Å². The summed E-state index contributed by atoms with van der Waals surface area (Å²) in [5, 5.41) is 4.97. The van der Waals surface area contributed by atoms with Crippen LogP contribution in [0.3, 0.4) is 0 Å². The maximum Gasteiger partial charge on any atom is 0.234 e. The first-order valence-electron chi connectivity index (χ1n) is 7.26. The molecule has 120 valence electrons. The summed E-state index contributed by atoms with van der Waals surface area (Å²) >= 11 is 3.24. The minimum Gasteiger partial charge on any atom is -0.467 e. The standard InChI is InChI=1S/C17H18N2O2S2/c1-17(2,16(20)19(3)10-12-6-4-8-21-12)14-11-23-15(18-14)13-7-5-9-22-13/h4-9,11H,10H2,1-3H3. The summed E-state index contributed by atoms with van der Waals surface area (Å²) in [5.74, 6) is 0.797. The van der Waals surface area contributed by atoms with Gasteiger partial charge in [-0.25, -0.2) is 4.98 Å². The molecule has 0 aliphatic carbocycles. The monoisotopic (exact) mass is 346 g/mol. The molecule has 0 N–H and O–H groups in total. The molecule has 23 heavy (non-hydrogen) atoms. The Balaban J connectivity index is 1.78. The number of amides is 1. The Morgan fingerprint density at radius 2 is 2.13 bits per heavy atom. The highest BCUT2D eigenvalue weighted by molar-refractivity contribution is 7.20. The third-order valence-electron chi connectivity index (χ3n) is 3.73. The fourth-order valence-corrected chi connectivity index (χ4v) is 4.17.